The Morgan fingerprint density at radius 1 is 1.00 bits per heavy atom. The van der Waals surface area contributed by atoms with Gasteiger partial charge in [-0.05, 0) is 65.1 Å². The molecule has 0 radical (unpaired) electrons. The SMILES string of the molecule is Cc1ccccc1CC(Br)c1cccc(C)c1I. The Morgan fingerprint density at radius 2 is 1.67 bits per heavy atom. The first-order valence-electron chi connectivity index (χ1n) is 6.03. The summed E-state index contributed by atoms with van der Waals surface area (Å²) < 4.78 is 1.37. The summed E-state index contributed by atoms with van der Waals surface area (Å²) >= 11 is 6.28. The fourth-order valence-corrected chi connectivity index (χ4v) is 3.95. The smallest absolute Gasteiger partial charge is 0.0446 e. The largest absolute Gasteiger partial charge is 0.0835 e. The van der Waals surface area contributed by atoms with Crippen molar-refractivity contribution in [1.82, 2.24) is 0 Å². The molecular formula is C16H16BrI. The monoisotopic (exact) mass is 414 g/mol. The van der Waals surface area contributed by atoms with Gasteiger partial charge in [0, 0.05) is 8.40 Å². The van der Waals surface area contributed by atoms with Crippen LogP contribution in [-0.4, -0.2) is 0 Å². The number of hydrogen-bond donors (Lipinski definition) is 0. The number of hydrogen-bond acceptors (Lipinski definition) is 0. The summed E-state index contributed by atoms with van der Waals surface area (Å²) in [6.45, 7) is 4.34. The quantitative estimate of drug-likeness (QED) is 0.453. The van der Waals surface area contributed by atoms with Crippen LogP contribution >= 0.6 is 38.5 Å². The van der Waals surface area contributed by atoms with Crippen LogP contribution < -0.4 is 0 Å². The molecule has 0 aliphatic heterocycles. The molecule has 2 aromatic rings. The summed E-state index contributed by atoms with van der Waals surface area (Å²) in [6, 6.07) is 15.1. The molecule has 94 valence electrons. The summed E-state index contributed by atoms with van der Waals surface area (Å²) in [5, 5.41) is 0. The van der Waals surface area contributed by atoms with E-state index in [-0.39, 0.29) is 0 Å². The van der Waals surface area contributed by atoms with Crippen molar-refractivity contribution in [2.45, 2.75) is 25.1 Å². The van der Waals surface area contributed by atoms with Gasteiger partial charge in [0.25, 0.3) is 0 Å². The molecule has 0 fully saturated rings. The maximum atomic E-state index is 3.84. The van der Waals surface area contributed by atoms with E-state index < -0.39 is 0 Å². The first kappa shape index (κ1) is 14.1. The van der Waals surface area contributed by atoms with E-state index in [1.807, 2.05) is 0 Å². The van der Waals surface area contributed by atoms with Gasteiger partial charge in [-0.15, -0.1) is 0 Å². The minimum atomic E-state index is 0.380. The third-order valence-corrected chi connectivity index (χ3v) is 5.51. The lowest BCUT2D eigenvalue weighted by atomic mass is 10.00. The molecule has 0 aliphatic carbocycles. The fourth-order valence-electron chi connectivity index (χ4n) is 2.05. The highest BCUT2D eigenvalue weighted by Gasteiger charge is 2.13. The Morgan fingerprint density at radius 3 is 2.39 bits per heavy atom. The second-order valence-electron chi connectivity index (χ2n) is 4.58. The molecule has 2 rings (SSSR count). The average Bonchev–Trinajstić information content (AvgIpc) is 2.35. The predicted octanol–water partition coefficient (Wildman–Crippen LogP) is 5.59. The molecule has 0 saturated heterocycles. The van der Waals surface area contributed by atoms with E-state index in [0.717, 1.165) is 6.42 Å². The molecule has 0 aliphatic rings. The molecule has 0 heterocycles. The van der Waals surface area contributed by atoms with Gasteiger partial charge in [0.2, 0.25) is 0 Å². The fraction of sp³-hybridized carbons (Fsp3) is 0.250. The Hall–Kier alpha value is -0.350. The van der Waals surface area contributed by atoms with E-state index in [4.69, 9.17) is 0 Å². The van der Waals surface area contributed by atoms with Crippen LogP contribution in [0.25, 0.3) is 0 Å². The molecule has 1 atom stereocenters. The van der Waals surface area contributed by atoms with Crippen molar-refractivity contribution in [3.63, 3.8) is 0 Å². The lowest BCUT2D eigenvalue weighted by Crippen LogP contribution is -2.00. The first-order valence-corrected chi connectivity index (χ1v) is 8.02. The van der Waals surface area contributed by atoms with Gasteiger partial charge in [-0.1, -0.05) is 58.4 Å². The summed E-state index contributed by atoms with van der Waals surface area (Å²) in [5.74, 6) is 0. The van der Waals surface area contributed by atoms with Gasteiger partial charge in [0.05, 0.1) is 0 Å². The van der Waals surface area contributed by atoms with Crippen molar-refractivity contribution < 1.29 is 0 Å². The van der Waals surface area contributed by atoms with Gasteiger partial charge in [-0.3, -0.25) is 0 Å². The number of halogens is 2. The molecule has 0 saturated carbocycles. The topological polar surface area (TPSA) is 0 Å². The zero-order valence-electron chi connectivity index (χ0n) is 10.6. The summed E-state index contributed by atoms with van der Waals surface area (Å²) in [5.41, 5.74) is 5.52. The second-order valence-corrected chi connectivity index (χ2v) is 6.76. The lowest BCUT2D eigenvalue weighted by Gasteiger charge is -2.15. The molecule has 18 heavy (non-hydrogen) atoms. The summed E-state index contributed by atoms with van der Waals surface area (Å²) in [7, 11) is 0. The van der Waals surface area contributed by atoms with Crippen molar-refractivity contribution >= 4 is 38.5 Å². The van der Waals surface area contributed by atoms with Crippen LogP contribution in [0, 0.1) is 17.4 Å². The number of benzene rings is 2. The third-order valence-electron chi connectivity index (χ3n) is 3.22. The maximum Gasteiger partial charge on any atom is 0.0446 e. The lowest BCUT2D eigenvalue weighted by molar-refractivity contribution is 0.930. The van der Waals surface area contributed by atoms with Gasteiger partial charge in [0.15, 0.2) is 0 Å². The van der Waals surface area contributed by atoms with E-state index in [1.54, 1.807) is 0 Å². The molecule has 0 bridgehead atoms. The predicted molar refractivity (Wildman–Crippen MR) is 90.4 cm³/mol. The van der Waals surface area contributed by atoms with Crippen LogP contribution in [0.3, 0.4) is 0 Å². The zero-order valence-corrected chi connectivity index (χ0v) is 14.3. The first-order chi connectivity index (χ1) is 8.59. The highest BCUT2D eigenvalue weighted by atomic mass is 127. The molecule has 0 nitrogen and oxygen atoms in total. The number of rotatable bonds is 3. The van der Waals surface area contributed by atoms with E-state index in [1.165, 1.54) is 25.8 Å². The number of aryl methyl sites for hydroxylation is 2. The van der Waals surface area contributed by atoms with Gasteiger partial charge >= 0.3 is 0 Å². The summed E-state index contributed by atoms with van der Waals surface area (Å²) in [6.07, 6.45) is 1.03. The van der Waals surface area contributed by atoms with Crippen LogP contribution in [0.5, 0.6) is 0 Å². The van der Waals surface area contributed by atoms with Gasteiger partial charge in [0.1, 0.15) is 0 Å². The van der Waals surface area contributed by atoms with Crippen molar-refractivity contribution in [3.05, 3.63) is 68.3 Å². The molecule has 0 amide bonds. The molecular weight excluding hydrogens is 399 g/mol. The van der Waals surface area contributed by atoms with Crippen molar-refractivity contribution in [1.29, 1.82) is 0 Å². The van der Waals surface area contributed by atoms with Gasteiger partial charge < -0.3 is 0 Å². The van der Waals surface area contributed by atoms with Gasteiger partial charge in [-0.25, -0.2) is 0 Å². The Bertz CT molecular complexity index is 549. The van der Waals surface area contributed by atoms with Crippen LogP contribution in [0.15, 0.2) is 42.5 Å². The van der Waals surface area contributed by atoms with Crippen molar-refractivity contribution in [2.24, 2.45) is 0 Å². The molecule has 0 spiro atoms. The van der Waals surface area contributed by atoms with E-state index in [9.17, 15) is 0 Å². The minimum Gasteiger partial charge on any atom is -0.0835 e. The molecule has 0 aromatic heterocycles. The van der Waals surface area contributed by atoms with E-state index in [0.29, 0.717) is 4.83 Å². The molecule has 1 unspecified atom stereocenters. The van der Waals surface area contributed by atoms with Crippen molar-refractivity contribution in [2.75, 3.05) is 0 Å². The van der Waals surface area contributed by atoms with E-state index in [2.05, 4.69) is 94.8 Å². The van der Waals surface area contributed by atoms with Crippen LogP contribution in [0.4, 0.5) is 0 Å². The standard InChI is InChI=1S/C16H16BrI/c1-11-6-3-4-8-13(11)10-15(17)14-9-5-7-12(2)16(14)18/h3-9,15H,10H2,1-2H3. The molecule has 2 aromatic carbocycles. The summed E-state index contributed by atoms with van der Waals surface area (Å²) in [4.78, 5) is 0.380. The van der Waals surface area contributed by atoms with Gasteiger partial charge in [-0.2, -0.15) is 0 Å². The highest BCUT2D eigenvalue weighted by molar-refractivity contribution is 14.1. The zero-order chi connectivity index (χ0) is 13.1. The Labute approximate surface area is 131 Å². The maximum absolute atomic E-state index is 3.84. The Kier molecular flexibility index (Phi) is 4.84. The minimum absolute atomic E-state index is 0.380. The van der Waals surface area contributed by atoms with Crippen molar-refractivity contribution in [3.8, 4) is 0 Å². The normalized spacial score (nSPS) is 12.4. The van der Waals surface area contributed by atoms with Crippen LogP contribution in [0.1, 0.15) is 27.1 Å². The third kappa shape index (κ3) is 3.15. The Balaban J connectivity index is 2.25. The highest BCUT2D eigenvalue weighted by Crippen LogP contribution is 2.32. The molecule has 0 N–H and O–H groups in total. The van der Waals surface area contributed by atoms with Crippen LogP contribution in [-0.2, 0) is 6.42 Å². The van der Waals surface area contributed by atoms with Crippen LogP contribution in [0.2, 0.25) is 0 Å². The second kappa shape index (κ2) is 6.20. The van der Waals surface area contributed by atoms with E-state index >= 15 is 0 Å². The average molecular weight is 415 g/mol. The molecule has 2 heteroatoms. The number of alkyl halides is 1.